The third kappa shape index (κ3) is 3.95. The molecule has 1 aliphatic rings. The van der Waals surface area contributed by atoms with Crippen LogP contribution in [-0.4, -0.2) is 37.8 Å². The van der Waals surface area contributed by atoms with E-state index < -0.39 is 0 Å². The van der Waals surface area contributed by atoms with Crippen molar-refractivity contribution in [3.05, 3.63) is 57.4 Å². The molecule has 2 aromatic heterocycles. The Balaban J connectivity index is 1.37. The molecule has 0 unspecified atom stereocenters. The number of nitriles is 1. The maximum atomic E-state index is 10.3. The molecule has 2 N–H and O–H groups in total. The van der Waals surface area contributed by atoms with Crippen LogP contribution in [0.1, 0.15) is 25.0 Å². The maximum Gasteiger partial charge on any atom is 0.299 e. The van der Waals surface area contributed by atoms with E-state index >= 15 is 0 Å². The van der Waals surface area contributed by atoms with E-state index in [0.717, 1.165) is 28.8 Å². The molecule has 166 valence electrons. The third-order valence-corrected chi connectivity index (χ3v) is 6.18. The lowest BCUT2D eigenvalue weighted by Gasteiger charge is -2.18. The quantitative estimate of drug-likeness (QED) is 0.278. The minimum Gasteiger partial charge on any atom is -0.507 e. The molecular weight excluding hydrogens is 531 g/mol. The Morgan fingerprint density at radius 2 is 1.97 bits per heavy atom. The summed E-state index contributed by atoms with van der Waals surface area (Å²) in [7, 11) is 0. The van der Waals surface area contributed by atoms with Gasteiger partial charge in [0.1, 0.15) is 12.4 Å². The standard InChI is InChI=1S/C24H21IN6O2/c1-24(2)13-33-23-28-19-20(29-22(25)30-21(19)31(23)24)27-10-9-14-5-8-18(32)17(11-14)16-6-3-15(12-26)4-7-16/h3-8,11,32H,9-10,13H2,1-2H3,(H,27,29,30). The molecule has 0 fully saturated rings. The van der Waals surface area contributed by atoms with Gasteiger partial charge in [-0.1, -0.05) is 18.2 Å². The van der Waals surface area contributed by atoms with Crippen molar-refractivity contribution in [3.8, 4) is 29.0 Å². The van der Waals surface area contributed by atoms with Crippen LogP contribution in [0.4, 0.5) is 5.82 Å². The Morgan fingerprint density at radius 1 is 1.18 bits per heavy atom. The highest BCUT2D eigenvalue weighted by Crippen LogP contribution is 2.36. The number of halogens is 1. The number of imidazole rings is 1. The monoisotopic (exact) mass is 552 g/mol. The van der Waals surface area contributed by atoms with Crippen molar-refractivity contribution in [3.63, 3.8) is 0 Å². The normalized spacial score (nSPS) is 14.0. The van der Waals surface area contributed by atoms with Crippen LogP contribution in [0.25, 0.3) is 22.3 Å². The second-order valence-corrected chi connectivity index (χ2v) is 9.53. The zero-order valence-corrected chi connectivity index (χ0v) is 20.3. The van der Waals surface area contributed by atoms with E-state index in [-0.39, 0.29) is 11.3 Å². The molecule has 0 saturated heterocycles. The molecule has 3 heterocycles. The highest BCUT2D eigenvalue weighted by atomic mass is 127. The highest BCUT2D eigenvalue weighted by molar-refractivity contribution is 14.1. The van der Waals surface area contributed by atoms with E-state index in [0.29, 0.717) is 39.9 Å². The fraction of sp³-hybridized carbons (Fsp3) is 0.250. The molecule has 0 radical (unpaired) electrons. The molecule has 0 saturated carbocycles. The smallest absolute Gasteiger partial charge is 0.299 e. The predicted molar refractivity (Wildman–Crippen MR) is 133 cm³/mol. The number of ether oxygens (including phenoxy) is 1. The number of hydrogen-bond acceptors (Lipinski definition) is 7. The van der Waals surface area contributed by atoms with Crippen molar-refractivity contribution in [2.45, 2.75) is 25.8 Å². The fourth-order valence-electron chi connectivity index (χ4n) is 4.00. The van der Waals surface area contributed by atoms with Gasteiger partial charge in [0.2, 0.25) is 0 Å². The van der Waals surface area contributed by atoms with Crippen LogP contribution in [0.2, 0.25) is 0 Å². The SMILES string of the molecule is CC1(C)COc2nc3c(NCCc4ccc(O)c(-c5ccc(C#N)cc5)c4)nc(I)nc3n21. The average Bonchev–Trinajstić information content (AvgIpc) is 3.32. The Bertz CT molecular complexity index is 1410. The van der Waals surface area contributed by atoms with Gasteiger partial charge < -0.3 is 15.2 Å². The van der Waals surface area contributed by atoms with Gasteiger partial charge in [0.15, 0.2) is 20.8 Å². The van der Waals surface area contributed by atoms with Gasteiger partial charge in [-0.25, -0.2) is 9.97 Å². The summed E-state index contributed by atoms with van der Waals surface area (Å²) in [6.07, 6.45) is 0.723. The van der Waals surface area contributed by atoms with Crippen LogP contribution < -0.4 is 10.1 Å². The average molecular weight is 552 g/mol. The van der Waals surface area contributed by atoms with E-state index in [4.69, 9.17) is 10.00 Å². The first-order valence-electron chi connectivity index (χ1n) is 10.5. The number of phenols is 1. The zero-order valence-electron chi connectivity index (χ0n) is 18.1. The first-order chi connectivity index (χ1) is 15.9. The Kier molecular flexibility index (Phi) is 5.32. The predicted octanol–water partition coefficient (Wildman–Crippen LogP) is 4.46. The second kappa shape index (κ2) is 8.19. The molecular formula is C24H21IN6O2. The van der Waals surface area contributed by atoms with Crippen molar-refractivity contribution in [2.24, 2.45) is 0 Å². The summed E-state index contributed by atoms with van der Waals surface area (Å²) in [6.45, 7) is 5.40. The lowest BCUT2D eigenvalue weighted by atomic mass is 9.99. The number of nitrogens with zero attached hydrogens (tertiary/aromatic N) is 5. The van der Waals surface area contributed by atoms with E-state index in [1.54, 1.807) is 18.2 Å². The lowest BCUT2D eigenvalue weighted by Crippen LogP contribution is -2.26. The van der Waals surface area contributed by atoms with Gasteiger partial charge in [-0.15, -0.1) is 0 Å². The number of fused-ring (bicyclic) bond motifs is 3. The summed E-state index contributed by atoms with van der Waals surface area (Å²) in [6, 6.07) is 15.4. The number of aromatic hydroxyl groups is 1. The summed E-state index contributed by atoms with van der Waals surface area (Å²) in [5.41, 5.74) is 4.50. The van der Waals surface area contributed by atoms with Crippen molar-refractivity contribution >= 4 is 39.6 Å². The molecule has 0 amide bonds. The molecule has 2 aromatic carbocycles. The molecule has 0 spiro atoms. The topological polar surface area (TPSA) is 109 Å². The molecule has 9 heteroatoms. The first-order valence-corrected chi connectivity index (χ1v) is 11.6. The van der Waals surface area contributed by atoms with Gasteiger partial charge in [0.05, 0.1) is 17.2 Å². The summed E-state index contributed by atoms with van der Waals surface area (Å²) in [4.78, 5) is 13.8. The molecule has 1 aliphatic heterocycles. The van der Waals surface area contributed by atoms with Crippen molar-refractivity contribution in [2.75, 3.05) is 18.5 Å². The molecule has 0 atom stereocenters. The summed E-state index contributed by atoms with van der Waals surface area (Å²) < 4.78 is 8.43. The minimum absolute atomic E-state index is 0.207. The van der Waals surface area contributed by atoms with E-state index in [2.05, 4.69) is 62.8 Å². The Hall–Kier alpha value is -3.39. The first kappa shape index (κ1) is 21.5. The lowest BCUT2D eigenvalue weighted by molar-refractivity contribution is 0.268. The van der Waals surface area contributed by atoms with Crippen LogP contribution in [0.5, 0.6) is 11.8 Å². The Labute approximate surface area is 204 Å². The van der Waals surface area contributed by atoms with Crippen molar-refractivity contribution in [1.82, 2.24) is 19.5 Å². The summed E-state index contributed by atoms with van der Waals surface area (Å²) in [5, 5.41) is 22.7. The Morgan fingerprint density at radius 3 is 2.73 bits per heavy atom. The highest BCUT2D eigenvalue weighted by Gasteiger charge is 2.36. The number of benzene rings is 2. The van der Waals surface area contributed by atoms with E-state index in [1.807, 2.05) is 28.8 Å². The van der Waals surface area contributed by atoms with Crippen LogP contribution in [0, 0.1) is 15.2 Å². The van der Waals surface area contributed by atoms with Gasteiger partial charge in [-0.2, -0.15) is 10.2 Å². The largest absolute Gasteiger partial charge is 0.507 e. The van der Waals surface area contributed by atoms with Gasteiger partial charge in [-0.3, -0.25) is 4.57 Å². The van der Waals surface area contributed by atoms with Crippen molar-refractivity contribution in [1.29, 1.82) is 5.26 Å². The second-order valence-electron chi connectivity index (χ2n) is 8.56. The van der Waals surface area contributed by atoms with Gasteiger partial charge in [-0.05, 0) is 55.7 Å². The van der Waals surface area contributed by atoms with Gasteiger partial charge in [0.25, 0.3) is 6.01 Å². The molecule has 0 bridgehead atoms. The number of rotatable bonds is 5. The van der Waals surface area contributed by atoms with E-state index in [1.165, 1.54) is 0 Å². The van der Waals surface area contributed by atoms with Crippen LogP contribution in [0.15, 0.2) is 42.5 Å². The summed E-state index contributed by atoms with van der Waals surface area (Å²) >= 11 is 2.12. The van der Waals surface area contributed by atoms with Crippen LogP contribution in [-0.2, 0) is 12.0 Å². The number of anilines is 1. The third-order valence-electron chi connectivity index (χ3n) is 5.70. The molecule has 0 aliphatic carbocycles. The molecule has 4 aromatic rings. The van der Waals surface area contributed by atoms with Gasteiger partial charge in [0, 0.05) is 34.7 Å². The number of nitrogens with one attached hydrogen (secondary N) is 1. The number of phenolic OH excluding ortho intramolecular Hbond substituents is 1. The number of hydrogen-bond donors (Lipinski definition) is 2. The van der Waals surface area contributed by atoms with Crippen LogP contribution >= 0.6 is 22.6 Å². The molecule has 33 heavy (non-hydrogen) atoms. The summed E-state index contributed by atoms with van der Waals surface area (Å²) in [5.74, 6) is 0.885. The van der Waals surface area contributed by atoms with Crippen molar-refractivity contribution < 1.29 is 9.84 Å². The maximum absolute atomic E-state index is 10.3. The molecule has 8 nitrogen and oxygen atoms in total. The zero-order chi connectivity index (χ0) is 23.2. The fourth-order valence-corrected chi connectivity index (χ4v) is 4.47. The minimum atomic E-state index is -0.216. The van der Waals surface area contributed by atoms with Crippen LogP contribution in [0.3, 0.4) is 0 Å². The van der Waals surface area contributed by atoms with Gasteiger partial charge >= 0.3 is 0 Å². The molecule has 5 rings (SSSR count). The number of aromatic nitrogens is 4. The van der Waals surface area contributed by atoms with E-state index in [9.17, 15) is 5.11 Å².